The number of aliphatic imine (C=N–C) groups is 1. The molecule has 0 aliphatic carbocycles. The van der Waals surface area contributed by atoms with Crippen molar-refractivity contribution in [3.8, 4) is 0 Å². The highest BCUT2D eigenvalue weighted by Gasteiger charge is 2.10. The van der Waals surface area contributed by atoms with E-state index >= 15 is 0 Å². The number of aliphatic hydroxyl groups excluding tert-OH is 1. The van der Waals surface area contributed by atoms with Crippen molar-refractivity contribution in [2.75, 3.05) is 6.54 Å². The van der Waals surface area contributed by atoms with Crippen LogP contribution in [0.2, 0.25) is 0 Å². The minimum Gasteiger partial charge on any atom is -0.385 e. The van der Waals surface area contributed by atoms with Gasteiger partial charge in [-0.05, 0) is 20.0 Å². The average Bonchev–Trinajstić information content (AvgIpc) is 2.05. The Bertz CT molecular complexity index is 185. The molecule has 0 spiro atoms. The van der Waals surface area contributed by atoms with Gasteiger partial charge in [-0.25, -0.2) is 4.99 Å². The Morgan fingerprint density at radius 2 is 2.25 bits per heavy atom. The number of amidine groups is 1. The molecule has 0 bridgehead atoms. The largest absolute Gasteiger partial charge is 0.385 e. The smallest absolute Gasteiger partial charge is 0.137 e. The second-order valence-corrected chi connectivity index (χ2v) is 2.31. The lowest BCUT2D eigenvalue weighted by atomic mass is 10.3. The number of likely N-dealkylation sites (N-methyl/N-ethyl adjacent to an activating group) is 1. The summed E-state index contributed by atoms with van der Waals surface area (Å²) in [5, 5.41) is 9.31. The summed E-state index contributed by atoms with van der Waals surface area (Å²) >= 11 is 0. The van der Waals surface area contributed by atoms with E-state index in [1.165, 1.54) is 6.20 Å². The van der Waals surface area contributed by atoms with Gasteiger partial charge in [0.05, 0.1) is 0 Å². The van der Waals surface area contributed by atoms with Crippen LogP contribution in [0, 0.1) is 0 Å². The second kappa shape index (κ2) is 5.55. The van der Waals surface area contributed by atoms with E-state index in [1.807, 2.05) is 6.92 Å². The van der Waals surface area contributed by atoms with Crippen LogP contribution < -0.4 is 0 Å². The second-order valence-electron chi connectivity index (χ2n) is 2.31. The highest BCUT2D eigenvalue weighted by molar-refractivity contribution is 5.87. The van der Waals surface area contributed by atoms with E-state index in [-0.39, 0.29) is 0 Å². The Morgan fingerprint density at radius 3 is 2.50 bits per heavy atom. The molecule has 0 heterocycles. The van der Waals surface area contributed by atoms with Crippen molar-refractivity contribution in [2.24, 2.45) is 4.99 Å². The predicted molar refractivity (Wildman–Crippen MR) is 51.9 cm³/mol. The van der Waals surface area contributed by atoms with Crippen LogP contribution in [0.15, 0.2) is 30.6 Å². The van der Waals surface area contributed by atoms with Gasteiger partial charge in [0, 0.05) is 12.7 Å². The fraction of sp³-hybridized carbons (Fsp3) is 0.444. The molecule has 0 amide bonds. The molecule has 0 saturated carbocycles. The standard InChI is InChI=1S/C9H16N2O/c1-5-10-9(8(4)12)11(6-2)7-3/h5-6,8,12H,1-2,7H2,3-4H3/b10-9-. The molecule has 3 heteroatoms. The van der Waals surface area contributed by atoms with Gasteiger partial charge in [0.25, 0.3) is 0 Å². The zero-order chi connectivity index (χ0) is 9.56. The first-order valence-electron chi connectivity index (χ1n) is 3.93. The molecule has 1 unspecified atom stereocenters. The quantitative estimate of drug-likeness (QED) is 0.508. The number of hydrogen-bond donors (Lipinski definition) is 1. The molecule has 0 radical (unpaired) electrons. The van der Waals surface area contributed by atoms with E-state index in [2.05, 4.69) is 18.2 Å². The summed E-state index contributed by atoms with van der Waals surface area (Å²) in [7, 11) is 0. The molecule has 0 aliphatic heterocycles. The predicted octanol–water partition coefficient (Wildman–Crippen LogP) is 1.37. The molecule has 1 N–H and O–H groups in total. The van der Waals surface area contributed by atoms with Gasteiger partial charge in [-0.3, -0.25) is 0 Å². The lowest BCUT2D eigenvalue weighted by Gasteiger charge is -2.21. The third-order valence-corrected chi connectivity index (χ3v) is 1.45. The molecule has 0 aromatic heterocycles. The monoisotopic (exact) mass is 168 g/mol. The average molecular weight is 168 g/mol. The van der Waals surface area contributed by atoms with Crippen LogP contribution in [-0.4, -0.2) is 28.5 Å². The number of rotatable bonds is 4. The summed E-state index contributed by atoms with van der Waals surface area (Å²) in [6.07, 6.45) is 2.45. The first-order chi connectivity index (χ1) is 5.67. The molecule has 0 saturated heterocycles. The van der Waals surface area contributed by atoms with Crippen molar-refractivity contribution in [3.63, 3.8) is 0 Å². The van der Waals surface area contributed by atoms with Crippen molar-refractivity contribution >= 4 is 5.84 Å². The summed E-state index contributed by atoms with van der Waals surface area (Å²) in [4.78, 5) is 5.72. The van der Waals surface area contributed by atoms with Gasteiger partial charge in [0.1, 0.15) is 11.9 Å². The third-order valence-electron chi connectivity index (χ3n) is 1.45. The van der Waals surface area contributed by atoms with Gasteiger partial charge < -0.3 is 10.0 Å². The molecule has 3 nitrogen and oxygen atoms in total. The van der Waals surface area contributed by atoms with Gasteiger partial charge in [-0.1, -0.05) is 13.2 Å². The molecular formula is C9H16N2O. The Morgan fingerprint density at radius 1 is 1.67 bits per heavy atom. The first-order valence-corrected chi connectivity index (χ1v) is 3.93. The van der Waals surface area contributed by atoms with E-state index in [4.69, 9.17) is 0 Å². The van der Waals surface area contributed by atoms with Crippen LogP contribution in [0.25, 0.3) is 0 Å². The summed E-state index contributed by atoms with van der Waals surface area (Å²) in [5.74, 6) is 0.572. The lowest BCUT2D eigenvalue weighted by molar-refractivity contribution is 0.247. The topological polar surface area (TPSA) is 35.8 Å². The van der Waals surface area contributed by atoms with E-state index in [0.29, 0.717) is 5.84 Å². The van der Waals surface area contributed by atoms with Crippen LogP contribution in [0.5, 0.6) is 0 Å². The van der Waals surface area contributed by atoms with Gasteiger partial charge >= 0.3 is 0 Å². The van der Waals surface area contributed by atoms with Crippen LogP contribution in [0.3, 0.4) is 0 Å². The van der Waals surface area contributed by atoms with Gasteiger partial charge in [0.2, 0.25) is 0 Å². The SMILES string of the molecule is C=C/N=C(/C(C)O)N(C=C)CC. The number of nitrogens with zero attached hydrogens (tertiary/aromatic N) is 2. The molecule has 0 fully saturated rings. The van der Waals surface area contributed by atoms with Crippen LogP contribution >= 0.6 is 0 Å². The van der Waals surface area contributed by atoms with Gasteiger partial charge in [0.15, 0.2) is 0 Å². The maximum Gasteiger partial charge on any atom is 0.137 e. The maximum absolute atomic E-state index is 9.31. The summed E-state index contributed by atoms with van der Waals surface area (Å²) in [6.45, 7) is 11.5. The van der Waals surface area contributed by atoms with Gasteiger partial charge in [-0.2, -0.15) is 0 Å². The number of aliphatic hydroxyl groups is 1. The van der Waals surface area contributed by atoms with Crippen molar-refractivity contribution in [1.82, 2.24) is 4.90 Å². The zero-order valence-electron chi connectivity index (χ0n) is 7.70. The van der Waals surface area contributed by atoms with Crippen LogP contribution in [0.1, 0.15) is 13.8 Å². The van der Waals surface area contributed by atoms with E-state index in [0.717, 1.165) is 6.54 Å². The third kappa shape index (κ3) is 2.88. The Hall–Kier alpha value is -1.09. The lowest BCUT2D eigenvalue weighted by Crippen LogP contribution is -2.33. The van der Waals surface area contributed by atoms with Crippen molar-refractivity contribution in [2.45, 2.75) is 20.0 Å². The highest BCUT2D eigenvalue weighted by Crippen LogP contribution is 1.98. The highest BCUT2D eigenvalue weighted by atomic mass is 16.3. The first kappa shape index (κ1) is 10.9. The molecule has 0 rings (SSSR count). The van der Waals surface area contributed by atoms with E-state index in [1.54, 1.807) is 18.0 Å². The minimum atomic E-state index is -0.596. The normalized spacial score (nSPS) is 13.8. The van der Waals surface area contributed by atoms with Crippen molar-refractivity contribution in [3.05, 3.63) is 25.6 Å². The minimum absolute atomic E-state index is 0.572. The number of hydrogen-bond acceptors (Lipinski definition) is 2. The molecular weight excluding hydrogens is 152 g/mol. The fourth-order valence-corrected chi connectivity index (χ4v) is 0.900. The Kier molecular flexibility index (Phi) is 5.04. The Labute approximate surface area is 73.7 Å². The molecule has 68 valence electrons. The molecule has 0 aliphatic rings. The summed E-state index contributed by atoms with van der Waals surface area (Å²) in [6, 6.07) is 0. The van der Waals surface area contributed by atoms with E-state index in [9.17, 15) is 5.11 Å². The Balaban J connectivity index is 4.58. The summed E-state index contributed by atoms with van der Waals surface area (Å²) < 4.78 is 0. The molecule has 0 aromatic rings. The van der Waals surface area contributed by atoms with E-state index < -0.39 is 6.10 Å². The van der Waals surface area contributed by atoms with Crippen LogP contribution in [-0.2, 0) is 0 Å². The van der Waals surface area contributed by atoms with Crippen molar-refractivity contribution in [1.29, 1.82) is 0 Å². The van der Waals surface area contributed by atoms with Gasteiger partial charge in [-0.15, -0.1) is 0 Å². The molecule has 0 aromatic carbocycles. The van der Waals surface area contributed by atoms with Crippen LogP contribution in [0.4, 0.5) is 0 Å². The molecule has 1 atom stereocenters. The fourth-order valence-electron chi connectivity index (χ4n) is 0.900. The zero-order valence-corrected chi connectivity index (χ0v) is 7.70. The maximum atomic E-state index is 9.31. The molecule has 12 heavy (non-hydrogen) atoms. The summed E-state index contributed by atoms with van der Waals surface area (Å²) in [5.41, 5.74) is 0. The van der Waals surface area contributed by atoms with Crippen molar-refractivity contribution < 1.29 is 5.11 Å².